The van der Waals surface area contributed by atoms with Crippen molar-refractivity contribution in [1.82, 2.24) is 0 Å². The van der Waals surface area contributed by atoms with Crippen LogP contribution >= 0.6 is 0 Å². The summed E-state index contributed by atoms with van der Waals surface area (Å²) in [5, 5.41) is 0. The van der Waals surface area contributed by atoms with Crippen LogP contribution in [-0.4, -0.2) is 0 Å². The van der Waals surface area contributed by atoms with Gasteiger partial charge in [0.05, 0.1) is 0 Å². The van der Waals surface area contributed by atoms with E-state index in [0.29, 0.717) is 0 Å². The minimum absolute atomic E-state index is 0.813. The molecule has 1 nitrogen and oxygen atoms in total. The molecule has 3 rings (SSSR count). The molecule has 0 aliphatic carbocycles. The van der Waals surface area contributed by atoms with Crippen LogP contribution < -0.4 is 4.74 Å². The van der Waals surface area contributed by atoms with Gasteiger partial charge in [-0.3, -0.25) is 0 Å². The van der Waals surface area contributed by atoms with Gasteiger partial charge >= 0.3 is 0 Å². The van der Waals surface area contributed by atoms with Crippen LogP contribution in [-0.2, 0) is 6.42 Å². The maximum absolute atomic E-state index is 5.75. The first-order valence-electron chi connectivity index (χ1n) is 6.67. The summed E-state index contributed by atoms with van der Waals surface area (Å²) in [6.07, 6.45) is 0.895. The van der Waals surface area contributed by atoms with Crippen molar-refractivity contribution in [3.63, 3.8) is 0 Å². The molecule has 3 aromatic rings. The third kappa shape index (κ3) is 3.27. The fourth-order valence-electron chi connectivity index (χ4n) is 2.06. The maximum atomic E-state index is 5.75. The molecule has 0 bridgehead atoms. The highest BCUT2D eigenvalue weighted by atomic mass is 16.5. The average molecular weight is 259 g/mol. The Balaban J connectivity index is 1.69. The molecule has 0 saturated heterocycles. The van der Waals surface area contributed by atoms with E-state index < -0.39 is 0 Å². The molecule has 0 heterocycles. The number of rotatable bonds is 4. The van der Waals surface area contributed by atoms with Crippen molar-refractivity contribution in [2.75, 3.05) is 0 Å². The normalized spacial score (nSPS) is 10.2. The summed E-state index contributed by atoms with van der Waals surface area (Å²) in [6, 6.07) is 29.4. The van der Waals surface area contributed by atoms with Crippen molar-refractivity contribution in [1.29, 1.82) is 0 Å². The second-order valence-corrected chi connectivity index (χ2v) is 4.63. The molecule has 0 saturated carbocycles. The number of ether oxygens (including phenoxy) is 1. The van der Waals surface area contributed by atoms with E-state index in [1.807, 2.05) is 48.5 Å². The summed E-state index contributed by atoms with van der Waals surface area (Å²) in [5.41, 5.74) is 2.46. The standard InChI is InChI=1S/C19H15O/c1-3-7-16(8-4-1)15-17-11-13-19(14-12-17)20-18-9-5-2-6-10-18/h1-11,13-14H,15H2. The van der Waals surface area contributed by atoms with Crippen LogP contribution in [0.2, 0.25) is 0 Å². The zero-order chi connectivity index (χ0) is 13.6. The van der Waals surface area contributed by atoms with E-state index in [1.165, 1.54) is 5.56 Å². The molecular formula is C19H15O. The van der Waals surface area contributed by atoms with Crippen molar-refractivity contribution < 1.29 is 4.74 Å². The fourth-order valence-corrected chi connectivity index (χ4v) is 2.06. The summed E-state index contributed by atoms with van der Waals surface area (Å²) in [6.45, 7) is 0. The molecule has 0 aromatic heterocycles. The maximum Gasteiger partial charge on any atom is 0.128 e. The molecule has 0 spiro atoms. The summed E-state index contributed by atoms with van der Waals surface area (Å²) < 4.78 is 5.75. The summed E-state index contributed by atoms with van der Waals surface area (Å²) >= 11 is 0. The Labute approximate surface area is 119 Å². The van der Waals surface area contributed by atoms with Gasteiger partial charge in [-0.05, 0) is 47.9 Å². The van der Waals surface area contributed by atoms with Crippen molar-refractivity contribution in [3.05, 3.63) is 96.1 Å². The first-order chi connectivity index (χ1) is 9.90. The molecule has 0 atom stereocenters. The molecule has 1 radical (unpaired) electrons. The van der Waals surface area contributed by atoms with Crippen molar-refractivity contribution in [2.45, 2.75) is 6.42 Å². The monoisotopic (exact) mass is 259 g/mol. The van der Waals surface area contributed by atoms with Gasteiger partial charge in [-0.1, -0.05) is 54.6 Å². The molecule has 3 aromatic carbocycles. The smallest absolute Gasteiger partial charge is 0.128 e. The lowest BCUT2D eigenvalue weighted by atomic mass is 10.1. The van der Waals surface area contributed by atoms with Crippen molar-refractivity contribution in [2.24, 2.45) is 0 Å². The number of para-hydroxylation sites is 1. The molecular weight excluding hydrogens is 244 g/mol. The van der Waals surface area contributed by atoms with Crippen LogP contribution in [0.4, 0.5) is 0 Å². The van der Waals surface area contributed by atoms with E-state index in [4.69, 9.17) is 4.74 Å². The molecule has 97 valence electrons. The van der Waals surface area contributed by atoms with Gasteiger partial charge in [0.15, 0.2) is 0 Å². The SMILES string of the molecule is [c]1cc(Oc2ccccc2)ccc1Cc1ccccc1. The van der Waals surface area contributed by atoms with Crippen LogP contribution in [0.3, 0.4) is 0 Å². The quantitative estimate of drug-likeness (QED) is 0.649. The summed E-state index contributed by atoms with van der Waals surface area (Å²) in [7, 11) is 0. The van der Waals surface area contributed by atoms with Gasteiger partial charge in [-0.25, -0.2) is 0 Å². The fraction of sp³-hybridized carbons (Fsp3) is 0.0526. The Morgan fingerprint density at radius 1 is 0.700 bits per heavy atom. The highest BCUT2D eigenvalue weighted by Gasteiger charge is 1.99. The highest BCUT2D eigenvalue weighted by Crippen LogP contribution is 2.21. The lowest BCUT2D eigenvalue weighted by molar-refractivity contribution is 0.482. The first kappa shape index (κ1) is 12.5. The molecule has 0 fully saturated rings. The molecule has 0 amide bonds. The van der Waals surface area contributed by atoms with Gasteiger partial charge in [0, 0.05) is 0 Å². The van der Waals surface area contributed by atoms with Gasteiger partial charge in [-0.15, -0.1) is 0 Å². The van der Waals surface area contributed by atoms with Gasteiger partial charge < -0.3 is 4.74 Å². The summed E-state index contributed by atoms with van der Waals surface area (Å²) in [5.74, 6) is 1.66. The molecule has 0 unspecified atom stereocenters. The molecule has 1 heteroatoms. The van der Waals surface area contributed by atoms with E-state index in [1.54, 1.807) is 0 Å². The van der Waals surface area contributed by atoms with Crippen molar-refractivity contribution >= 4 is 0 Å². The van der Waals surface area contributed by atoms with Crippen LogP contribution in [0.5, 0.6) is 11.5 Å². The molecule has 0 aliphatic heterocycles. The lowest BCUT2D eigenvalue weighted by Crippen LogP contribution is -1.89. The zero-order valence-corrected chi connectivity index (χ0v) is 11.1. The van der Waals surface area contributed by atoms with E-state index >= 15 is 0 Å². The van der Waals surface area contributed by atoms with E-state index in [9.17, 15) is 0 Å². The Hall–Kier alpha value is -2.54. The van der Waals surface area contributed by atoms with E-state index in [-0.39, 0.29) is 0 Å². The molecule has 20 heavy (non-hydrogen) atoms. The first-order valence-corrected chi connectivity index (χ1v) is 6.67. The van der Waals surface area contributed by atoms with E-state index in [0.717, 1.165) is 23.5 Å². The van der Waals surface area contributed by atoms with Gasteiger partial charge in [0.25, 0.3) is 0 Å². The van der Waals surface area contributed by atoms with Crippen LogP contribution in [0.15, 0.2) is 78.9 Å². The molecule has 0 N–H and O–H groups in total. The minimum atomic E-state index is 0.813. The van der Waals surface area contributed by atoms with Crippen LogP contribution in [0.25, 0.3) is 0 Å². The predicted molar refractivity (Wildman–Crippen MR) is 81.0 cm³/mol. The second kappa shape index (κ2) is 6.07. The topological polar surface area (TPSA) is 9.23 Å². The number of hydrogen-bond donors (Lipinski definition) is 0. The lowest BCUT2D eigenvalue weighted by Gasteiger charge is -2.06. The van der Waals surface area contributed by atoms with Crippen LogP contribution in [0, 0.1) is 6.07 Å². The van der Waals surface area contributed by atoms with Gasteiger partial charge in [0.2, 0.25) is 0 Å². The molecule has 0 aliphatic rings. The average Bonchev–Trinajstić information content (AvgIpc) is 2.51. The van der Waals surface area contributed by atoms with Gasteiger partial charge in [0.1, 0.15) is 11.5 Å². The van der Waals surface area contributed by atoms with Gasteiger partial charge in [-0.2, -0.15) is 0 Å². The highest BCUT2D eigenvalue weighted by molar-refractivity contribution is 5.34. The van der Waals surface area contributed by atoms with Crippen LogP contribution in [0.1, 0.15) is 11.1 Å². The Bertz CT molecular complexity index is 582. The largest absolute Gasteiger partial charge is 0.457 e. The van der Waals surface area contributed by atoms with Crippen molar-refractivity contribution in [3.8, 4) is 11.5 Å². The third-order valence-electron chi connectivity index (χ3n) is 3.06. The number of hydrogen-bond acceptors (Lipinski definition) is 1. The Morgan fingerprint density at radius 3 is 2.05 bits per heavy atom. The third-order valence-corrected chi connectivity index (χ3v) is 3.06. The summed E-state index contributed by atoms with van der Waals surface area (Å²) in [4.78, 5) is 0. The zero-order valence-electron chi connectivity index (χ0n) is 11.1. The minimum Gasteiger partial charge on any atom is -0.457 e. The number of benzene rings is 3. The second-order valence-electron chi connectivity index (χ2n) is 4.63. The van der Waals surface area contributed by atoms with E-state index in [2.05, 4.69) is 36.4 Å². The predicted octanol–water partition coefficient (Wildman–Crippen LogP) is 4.87. The Kier molecular flexibility index (Phi) is 3.79. The Morgan fingerprint density at radius 2 is 1.40 bits per heavy atom.